The number of halogens is 6. The van der Waals surface area contributed by atoms with E-state index in [4.69, 9.17) is 34.8 Å². The van der Waals surface area contributed by atoms with Gasteiger partial charge in [-0.15, -0.1) is 23.2 Å². The number of esters is 1. The van der Waals surface area contributed by atoms with E-state index in [1.54, 1.807) is 5.32 Å². The maximum absolute atomic E-state index is 14.9. The van der Waals surface area contributed by atoms with E-state index in [1.165, 1.54) is 25.1 Å². The number of carbonyl (C=O) groups excluding carboxylic acids is 4. The number of benzene rings is 2. The maximum Gasteiger partial charge on any atom is 0.350 e. The SMILES string of the molecule is CCOC(=O)C(F)C(=O)Nc1c(F)ccc(NC(=O)c2cc(NC(=O)C3CC3(Cl)Cl)ccc2Cl)c1F. The van der Waals surface area contributed by atoms with Gasteiger partial charge in [-0.1, -0.05) is 11.6 Å². The van der Waals surface area contributed by atoms with Crippen molar-refractivity contribution in [1.82, 2.24) is 0 Å². The van der Waals surface area contributed by atoms with Crippen molar-refractivity contribution < 1.29 is 37.1 Å². The van der Waals surface area contributed by atoms with Crippen LogP contribution in [-0.2, 0) is 19.1 Å². The number of rotatable bonds is 8. The van der Waals surface area contributed by atoms with Gasteiger partial charge in [0.15, 0.2) is 5.82 Å². The molecule has 14 heteroatoms. The Kier molecular flexibility index (Phi) is 8.37. The van der Waals surface area contributed by atoms with Crippen LogP contribution in [0.25, 0.3) is 0 Å². The molecule has 36 heavy (non-hydrogen) atoms. The standard InChI is InChI=1S/C22H17Cl3F3N3O5/c1-2-36-21(35)16(28)20(34)31-17-13(26)5-6-14(15(17)27)30-18(32)10-7-9(3-4-12(10)23)29-19(33)11-8-22(11,24)25/h3-7,11,16H,2,8H2,1H3,(H,29,33)(H,30,32)(H,31,34). The molecule has 1 aliphatic rings. The van der Waals surface area contributed by atoms with Gasteiger partial charge >= 0.3 is 5.97 Å². The van der Waals surface area contributed by atoms with E-state index < -0.39 is 63.1 Å². The van der Waals surface area contributed by atoms with Crippen molar-refractivity contribution in [2.24, 2.45) is 5.92 Å². The van der Waals surface area contributed by atoms with Gasteiger partial charge in [0.1, 0.15) is 15.8 Å². The van der Waals surface area contributed by atoms with E-state index in [0.29, 0.717) is 6.07 Å². The van der Waals surface area contributed by atoms with Crippen molar-refractivity contribution in [2.45, 2.75) is 23.8 Å². The summed E-state index contributed by atoms with van der Waals surface area (Å²) in [6.07, 6.45) is -2.58. The van der Waals surface area contributed by atoms with Crippen LogP contribution in [0.1, 0.15) is 23.7 Å². The summed E-state index contributed by atoms with van der Waals surface area (Å²) in [6.45, 7) is 1.16. The lowest BCUT2D eigenvalue weighted by atomic mass is 10.1. The van der Waals surface area contributed by atoms with Crippen LogP contribution in [0.5, 0.6) is 0 Å². The van der Waals surface area contributed by atoms with Crippen LogP contribution in [0.4, 0.5) is 30.2 Å². The van der Waals surface area contributed by atoms with Gasteiger partial charge in [-0.2, -0.15) is 0 Å². The van der Waals surface area contributed by atoms with Crippen LogP contribution in [0.3, 0.4) is 0 Å². The van der Waals surface area contributed by atoms with Crippen molar-refractivity contribution in [2.75, 3.05) is 22.6 Å². The molecule has 0 aliphatic heterocycles. The van der Waals surface area contributed by atoms with Gasteiger partial charge in [0.2, 0.25) is 5.91 Å². The Balaban J connectivity index is 1.77. The van der Waals surface area contributed by atoms with Crippen LogP contribution >= 0.6 is 34.8 Å². The lowest BCUT2D eigenvalue weighted by Gasteiger charge is -2.14. The molecular weight excluding hydrogens is 550 g/mol. The molecule has 0 bridgehead atoms. The minimum atomic E-state index is -2.84. The largest absolute Gasteiger partial charge is 0.463 e. The van der Waals surface area contributed by atoms with Crippen LogP contribution < -0.4 is 16.0 Å². The summed E-state index contributed by atoms with van der Waals surface area (Å²) in [6, 6.07) is 5.47. The minimum Gasteiger partial charge on any atom is -0.463 e. The molecule has 1 saturated carbocycles. The molecule has 2 aromatic rings. The van der Waals surface area contributed by atoms with Gasteiger partial charge in [0, 0.05) is 5.69 Å². The highest BCUT2D eigenvalue weighted by Crippen LogP contribution is 2.53. The van der Waals surface area contributed by atoms with Crippen molar-refractivity contribution in [1.29, 1.82) is 0 Å². The molecule has 0 heterocycles. The van der Waals surface area contributed by atoms with Gasteiger partial charge in [0.25, 0.3) is 18.0 Å². The highest BCUT2D eigenvalue weighted by Gasteiger charge is 2.56. The van der Waals surface area contributed by atoms with E-state index in [0.717, 1.165) is 6.07 Å². The van der Waals surface area contributed by atoms with Crippen LogP contribution in [0.2, 0.25) is 5.02 Å². The van der Waals surface area contributed by atoms with Gasteiger partial charge in [-0.25, -0.2) is 18.0 Å². The first-order valence-electron chi connectivity index (χ1n) is 10.2. The second-order valence-corrected chi connectivity index (χ2v) is 9.49. The number of hydrogen-bond acceptors (Lipinski definition) is 5. The van der Waals surface area contributed by atoms with Crippen LogP contribution in [-0.4, -0.2) is 40.8 Å². The molecular formula is C22H17Cl3F3N3O5. The minimum absolute atomic E-state index is 0.0632. The zero-order valence-corrected chi connectivity index (χ0v) is 20.5. The monoisotopic (exact) mass is 565 g/mol. The molecule has 0 saturated heterocycles. The van der Waals surface area contributed by atoms with E-state index in [1.807, 2.05) is 0 Å². The Bertz CT molecular complexity index is 1240. The molecule has 2 aromatic carbocycles. The zero-order chi connectivity index (χ0) is 26.8. The number of ether oxygens (including phenoxy) is 1. The van der Waals surface area contributed by atoms with Gasteiger partial charge in [0.05, 0.1) is 28.8 Å². The second-order valence-electron chi connectivity index (χ2n) is 7.54. The Morgan fingerprint density at radius 1 is 1.11 bits per heavy atom. The second kappa shape index (κ2) is 10.9. The summed E-state index contributed by atoms with van der Waals surface area (Å²) in [5.41, 5.74) is -1.72. The molecule has 0 aromatic heterocycles. The maximum atomic E-state index is 14.9. The third-order valence-electron chi connectivity index (χ3n) is 4.93. The zero-order valence-electron chi connectivity index (χ0n) is 18.3. The molecule has 192 valence electrons. The fraction of sp³-hybridized carbons (Fsp3) is 0.273. The number of anilines is 3. The molecule has 1 aliphatic carbocycles. The van der Waals surface area contributed by atoms with E-state index in [-0.39, 0.29) is 29.3 Å². The lowest BCUT2D eigenvalue weighted by Crippen LogP contribution is -2.33. The highest BCUT2D eigenvalue weighted by atomic mass is 35.5. The average molecular weight is 567 g/mol. The van der Waals surface area contributed by atoms with Crippen LogP contribution in [0.15, 0.2) is 30.3 Å². The van der Waals surface area contributed by atoms with Crippen molar-refractivity contribution in [3.8, 4) is 0 Å². The summed E-state index contributed by atoms with van der Waals surface area (Å²) in [5.74, 6) is -8.03. The first-order chi connectivity index (χ1) is 16.9. The summed E-state index contributed by atoms with van der Waals surface area (Å²) >= 11 is 17.8. The molecule has 3 rings (SSSR count). The van der Waals surface area contributed by atoms with E-state index in [2.05, 4.69) is 15.4 Å². The predicted octanol–water partition coefficient (Wildman–Crippen LogP) is 4.84. The third kappa shape index (κ3) is 6.21. The Labute approximate surface area is 217 Å². The topological polar surface area (TPSA) is 114 Å². The van der Waals surface area contributed by atoms with Crippen molar-refractivity contribution in [3.05, 3.63) is 52.6 Å². The number of amides is 3. The number of hydrogen-bond donors (Lipinski definition) is 3. The Hall–Kier alpha value is -3.02. The summed E-state index contributed by atoms with van der Waals surface area (Å²) in [7, 11) is 0. The molecule has 3 amide bonds. The fourth-order valence-electron chi connectivity index (χ4n) is 2.97. The highest BCUT2D eigenvalue weighted by molar-refractivity contribution is 6.52. The molecule has 2 unspecified atom stereocenters. The van der Waals surface area contributed by atoms with Crippen LogP contribution in [0, 0.1) is 17.6 Å². The van der Waals surface area contributed by atoms with Gasteiger partial charge in [-0.05, 0) is 43.7 Å². The number of alkyl halides is 3. The van der Waals surface area contributed by atoms with E-state index in [9.17, 15) is 32.3 Å². The molecule has 0 spiro atoms. The van der Waals surface area contributed by atoms with Gasteiger partial charge < -0.3 is 20.7 Å². The molecule has 0 radical (unpaired) electrons. The summed E-state index contributed by atoms with van der Waals surface area (Å²) in [4.78, 5) is 48.2. The molecule has 8 nitrogen and oxygen atoms in total. The van der Waals surface area contributed by atoms with E-state index >= 15 is 0 Å². The predicted molar refractivity (Wildman–Crippen MR) is 127 cm³/mol. The average Bonchev–Trinajstić information content (AvgIpc) is 3.47. The molecule has 1 fully saturated rings. The normalized spacial score (nSPS) is 16.5. The Morgan fingerprint density at radius 3 is 2.39 bits per heavy atom. The number of carbonyl (C=O) groups is 4. The van der Waals surface area contributed by atoms with Crippen molar-refractivity contribution in [3.63, 3.8) is 0 Å². The fourth-order valence-corrected chi connectivity index (χ4v) is 3.68. The Morgan fingerprint density at radius 2 is 1.78 bits per heavy atom. The number of nitrogens with one attached hydrogen (secondary N) is 3. The quantitative estimate of drug-likeness (QED) is 0.240. The van der Waals surface area contributed by atoms with Crippen molar-refractivity contribution >= 4 is 75.6 Å². The lowest BCUT2D eigenvalue weighted by molar-refractivity contribution is -0.152. The first-order valence-corrected chi connectivity index (χ1v) is 11.4. The molecule has 2 atom stereocenters. The van der Waals surface area contributed by atoms with Gasteiger partial charge in [-0.3, -0.25) is 14.4 Å². The summed E-state index contributed by atoms with van der Waals surface area (Å²) in [5, 5.41) is 6.25. The summed E-state index contributed by atoms with van der Waals surface area (Å²) < 4.78 is 46.1. The smallest absolute Gasteiger partial charge is 0.350 e. The molecule has 3 N–H and O–H groups in total. The third-order valence-corrected chi connectivity index (χ3v) is 6.10. The first kappa shape index (κ1) is 27.6.